The third-order valence-electron chi connectivity index (χ3n) is 5.75. The molecule has 2 heterocycles. The second kappa shape index (κ2) is 8.96. The van der Waals surface area contributed by atoms with E-state index >= 15 is 0 Å². The highest BCUT2D eigenvalue weighted by molar-refractivity contribution is 9.10. The van der Waals surface area contributed by atoms with Gasteiger partial charge in [0, 0.05) is 16.3 Å². The predicted molar refractivity (Wildman–Crippen MR) is 136 cm³/mol. The number of halogens is 1. The van der Waals surface area contributed by atoms with Crippen molar-refractivity contribution in [3.05, 3.63) is 87.8 Å². The number of ether oxygens (including phenoxy) is 2. The molecule has 0 aliphatic rings. The van der Waals surface area contributed by atoms with Crippen LogP contribution < -0.4 is 14.8 Å². The van der Waals surface area contributed by atoms with E-state index in [2.05, 4.69) is 21.2 Å². The zero-order chi connectivity index (χ0) is 24.7. The van der Waals surface area contributed by atoms with Gasteiger partial charge in [0.15, 0.2) is 5.76 Å². The Kier molecular flexibility index (Phi) is 5.82. The Morgan fingerprint density at radius 2 is 1.66 bits per heavy atom. The Morgan fingerprint density at radius 1 is 0.886 bits per heavy atom. The molecule has 0 unspecified atom stereocenters. The van der Waals surface area contributed by atoms with Crippen LogP contribution in [-0.4, -0.2) is 25.9 Å². The standard InChI is InChI=1S/C27H20BrNO6/c1-14-23(18-13-16(32-2)9-11-21(18)34-14)27(31)29-24-17-6-4-5-7-20(17)35-26(24)25(30)15-8-10-22(33-3)19(28)12-15/h4-13H,1-3H3,(H,29,31). The van der Waals surface area contributed by atoms with Crippen molar-refractivity contribution in [2.24, 2.45) is 0 Å². The van der Waals surface area contributed by atoms with Gasteiger partial charge in [-0.25, -0.2) is 0 Å². The second-order valence-corrected chi connectivity index (χ2v) is 8.68. The number of fused-ring (bicyclic) bond motifs is 2. The van der Waals surface area contributed by atoms with E-state index in [0.717, 1.165) is 0 Å². The van der Waals surface area contributed by atoms with Gasteiger partial charge in [0.05, 0.1) is 29.9 Å². The van der Waals surface area contributed by atoms with Gasteiger partial charge in [-0.2, -0.15) is 0 Å². The minimum atomic E-state index is -0.425. The third-order valence-corrected chi connectivity index (χ3v) is 6.37. The number of carbonyl (C=O) groups excluding carboxylic acids is 2. The molecular weight excluding hydrogens is 514 g/mol. The fourth-order valence-corrected chi connectivity index (χ4v) is 4.59. The number of nitrogens with one attached hydrogen (secondary N) is 1. The minimum absolute atomic E-state index is 0.0275. The maximum atomic E-state index is 13.5. The van der Waals surface area contributed by atoms with Crippen molar-refractivity contribution in [3.63, 3.8) is 0 Å². The van der Waals surface area contributed by atoms with E-state index in [1.165, 1.54) is 0 Å². The fraction of sp³-hybridized carbons (Fsp3) is 0.111. The number of hydrogen-bond acceptors (Lipinski definition) is 6. The molecule has 0 fully saturated rings. The molecule has 0 radical (unpaired) electrons. The van der Waals surface area contributed by atoms with Crippen LogP contribution in [0.4, 0.5) is 5.69 Å². The molecular formula is C27H20BrNO6. The van der Waals surface area contributed by atoms with E-state index in [0.29, 0.717) is 60.5 Å². The Balaban J connectivity index is 1.60. The first-order valence-corrected chi connectivity index (χ1v) is 11.5. The molecule has 8 heteroatoms. The number of carbonyl (C=O) groups is 2. The number of anilines is 1. The SMILES string of the molecule is COc1ccc2oc(C)c(C(=O)Nc3c(C(=O)c4ccc(OC)c(Br)c4)oc4ccccc34)c2c1. The third kappa shape index (κ3) is 3.95. The van der Waals surface area contributed by atoms with Crippen LogP contribution in [0.3, 0.4) is 0 Å². The van der Waals surface area contributed by atoms with Gasteiger partial charge >= 0.3 is 0 Å². The van der Waals surface area contributed by atoms with Crippen molar-refractivity contribution in [2.75, 3.05) is 19.5 Å². The van der Waals surface area contributed by atoms with Crippen LogP contribution in [-0.2, 0) is 0 Å². The summed E-state index contributed by atoms with van der Waals surface area (Å²) in [6.45, 7) is 1.72. The van der Waals surface area contributed by atoms with Crippen molar-refractivity contribution >= 4 is 55.2 Å². The van der Waals surface area contributed by atoms with Crippen molar-refractivity contribution in [3.8, 4) is 11.5 Å². The molecule has 7 nitrogen and oxygen atoms in total. The minimum Gasteiger partial charge on any atom is -0.497 e. The van der Waals surface area contributed by atoms with Gasteiger partial charge in [-0.1, -0.05) is 12.1 Å². The summed E-state index contributed by atoms with van der Waals surface area (Å²) in [4.78, 5) is 27.0. The fourth-order valence-electron chi connectivity index (χ4n) is 4.05. The first-order valence-electron chi connectivity index (χ1n) is 10.7. The number of furan rings is 2. The van der Waals surface area contributed by atoms with Crippen LogP contribution in [0.25, 0.3) is 21.9 Å². The first-order chi connectivity index (χ1) is 16.9. The summed E-state index contributed by atoms with van der Waals surface area (Å²) < 4.78 is 22.9. The van der Waals surface area contributed by atoms with Gasteiger partial charge in [0.2, 0.25) is 5.78 Å². The summed E-state index contributed by atoms with van der Waals surface area (Å²) in [6, 6.07) is 17.4. The second-order valence-electron chi connectivity index (χ2n) is 7.83. The Hall–Kier alpha value is -4.04. The Bertz CT molecular complexity index is 1610. The molecule has 1 amide bonds. The molecule has 0 aliphatic carbocycles. The molecule has 1 N–H and O–H groups in total. The molecule has 0 saturated carbocycles. The highest BCUT2D eigenvalue weighted by atomic mass is 79.9. The molecule has 3 aromatic carbocycles. The van der Waals surface area contributed by atoms with Gasteiger partial charge in [-0.05, 0) is 71.4 Å². The van der Waals surface area contributed by atoms with Gasteiger partial charge < -0.3 is 23.6 Å². The number of para-hydroxylation sites is 1. The van der Waals surface area contributed by atoms with E-state index in [1.807, 2.05) is 6.07 Å². The van der Waals surface area contributed by atoms with Gasteiger partial charge in [-0.15, -0.1) is 0 Å². The maximum Gasteiger partial charge on any atom is 0.259 e. The van der Waals surface area contributed by atoms with Crippen molar-refractivity contribution in [2.45, 2.75) is 6.92 Å². The lowest BCUT2D eigenvalue weighted by Gasteiger charge is -2.08. The number of methoxy groups -OCH3 is 2. The summed E-state index contributed by atoms with van der Waals surface area (Å²) in [5, 5.41) is 4.12. The van der Waals surface area contributed by atoms with Crippen LogP contribution in [0.2, 0.25) is 0 Å². The normalized spacial score (nSPS) is 11.1. The highest BCUT2D eigenvalue weighted by Crippen LogP contribution is 2.36. The molecule has 5 aromatic rings. The lowest BCUT2D eigenvalue weighted by Crippen LogP contribution is -2.15. The summed E-state index contributed by atoms with van der Waals surface area (Å²) in [7, 11) is 3.10. The molecule has 0 saturated heterocycles. The number of hydrogen-bond donors (Lipinski definition) is 1. The van der Waals surface area contributed by atoms with Crippen molar-refractivity contribution in [1.82, 2.24) is 0 Å². The molecule has 176 valence electrons. The molecule has 0 aliphatic heterocycles. The summed E-state index contributed by atoms with van der Waals surface area (Å²) in [6.07, 6.45) is 0. The summed E-state index contributed by atoms with van der Waals surface area (Å²) >= 11 is 3.41. The summed E-state index contributed by atoms with van der Waals surface area (Å²) in [5.41, 5.74) is 2.06. The largest absolute Gasteiger partial charge is 0.497 e. The first kappa shape index (κ1) is 22.7. The van der Waals surface area contributed by atoms with Crippen LogP contribution in [0.1, 0.15) is 32.2 Å². The molecule has 35 heavy (non-hydrogen) atoms. The van der Waals surface area contributed by atoms with E-state index < -0.39 is 5.91 Å². The van der Waals surface area contributed by atoms with Crippen LogP contribution in [0, 0.1) is 6.92 Å². The Labute approximate surface area is 208 Å². The van der Waals surface area contributed by atoms with Crippen LogP contribution >= 0.6 is 15.9 Å². The highest BCUT2D eigenvalue weighted by Gasteiger charge is 2.26. The molecule has 0 atom stereocenters. The quantitative estimate of drug-likeness (QED) is 0.243. The number of benzene rings is 3. The lowest BCUT2D eigenvalue weighted by molar-refractivity contribution is 0.101. The average Bonchev–Trinajstić information content (AvgIpc) is 3.39. The number of ketones is 1. The molecule has 0 spiro atoms. The average molecular weight is 534 g/mol. The van der Waals surface area contributed by atoms with Crippen molar-refractivity contribution in [1.29, 1.82) is 0 Å². The Morgan fingerprint density at radius 3 is 2.40 bits per heavy atom. The zero-order valence-corrected chi connectivity index (χ0v) is 20.7. The van der Waals surface area contributed by atoms with Crippen LogP contribution in [0.15, 0.2) is 74.0 Å². The zero-order valence-electron chi connectivity index (χ0n) is 19.1. The maximum absolute atomic E-state index is 13.5. The predicted octanol–water partition coefficient (Wildman–Crippen LogP) is 6.75. The van der Waals surface area contributed by atoms with Crippen LogP contribution in [0.5, 0.6) is 11.5 Å². The smallest absolute Gasteiger partial charge is 0.259 e. The monoisotopic (exact) mass is 533 g/mol. The van der Waals surface area contributed by atoms with E-state index in [-0.39, 0.29) is 11.5 Å². The van der Waals surface area contributed by atoms with E-state index in [1.54, 1.807) is 75.7 Å². The van der Waals surface area contributed by atoms with Gasteiger partial charge in [-0.3, -0.25) is 9.59 Å². The molecule has 2 aromatic heterocycles. The van der Waals surface area contributed by atoms with E-state index in [9.17, 15) is 9.59 Å². The molecule has 0 bridgehead atoms. The number of aryl methyl sites for hydroxylation is 1. The van der Waals surface area contributed by atoms with E-state index in [4.69, 9.17) is 18.3 Å². The topological polar surface area (TPSA) is 90.9 Å². The number of rotatable bonds is 6. The van der Waals surface area contributed by atoms with Crippen molar-refractivity contribution < 1.29 is 27.9 Å². The van der Waals surface area contributed by atoms with Gasteiger partial charge in [0.1, 0.15) is 28.4 Å². The lowest BCUT2D eigenvalue weighted by atomic mass is 10.1. The molecule has 5 rings (SSSR count). The number of amides is 1. The summed E-state index contributed by atoms with van der Waals surface area (Å²) in [5.74, 6) is 0.867. The van der Waals surface area contributed by atoms with Gasteiger partial charge in [0.25, 0.3) is 5.91 Å².